The first kappa shape index (κ1) is 23.0. The van der Waals surface area contributed by atoms with Crippen molar-refractivity contribution < 1.29 is 17.9 Å². The van der Waals surface area contributed by atoms with Gasteiger partial charge >= 0.3 is 6.09 Å². The molecule has 29 heavy (non-hydrogen) atoms. The van der Waals surface area contributed by atoms with E-state index in [9.17, 15) is 13.2 Å². The average molecular weight is 439 g/mol. The Hall–Kier alpha value is -2.25. The summed E-state index contributed by atoms with van der Waals surface area (Å²) in [7, 11) is -3.56. The van der Waals surface area contributed by atoms with Gasteiger partial charge in [-0.15, -0.1) is 11.6 Å². The number of hydrogen-bond acceptors (Lipinski definition) is 5. The van der Waals surface area contributed by atoms with Gasteiger partial charge in [0.1, 0.15) is 11.3 Å². The van der Waals surface area contributed by atoms with E-state index in [0.29, 0.717) is 11.3 Å². The van der Waals surface area contributed by atoms with Gasteiger partial charge in [0.05, 0.1) is 5.75 Å². The summed E-state index contributed by atoms with van der Waals surface area (Å²) < 4.78 is 29.4. The van der Waals surface area contributed by atoms with Crippen molar-refractivity contribution in [3.8, 4) is 0 Å². The van der Waals surface area contributed by atoms with Crippen LogP contribution in [0.3, 0.4) is 0 Å². The molecule has 8 heteroatoms. The quantitative estimate of drug-likeness (QED) is 0.572. The predicted octanol–water partition coefficient (Wildman–Crippen LogP) is 4.74. The molecule has 0 saturated carbocycles. The Bertz CT molecular complexity index is 916. The maximum Gasteiger partial charge on any atom is 0.412 e. The van der Waals surface area contributed by atoms with Crippen LogP contribution >= 0.6 is 11.6 Å². The SMILES string of the molecule is CCN(CC)c1ccc(NC(=O)OC(CS(=O)(=O)CCl)c2ccccc2)c(C)c1. The fraction of sp³-hybridized carbons (Fsp3) is 0.381. The van der Waals surface area contributed by atoms with Crippen molar-refractivity contribution >= 4 is 38.9 Å². The van der Waals surface area contributed by atoms with Gasteiger partial charge in [0, 0.05) is 24.5 Å². The summed E-state index contributed by atoms with van der Waals surface area (Å²) in [4.78, 5) is 14.7. The first-order valence-electron chi connectivity index (χ1n) is 9.44. The molecule has 0 saturated heterocycles. The average Bonchev–Trinajstić information content (AvgIpc) is 2.71. The highest BCUT2D eigenvalue weighted by Crippen LogP contribution is 2.25. The summed E-state index contributed by atoms with van der Waals surface area (Å²) in [5.41, 5.74) is 3.15. The standard InChI is InChI=1S/C21H27ClN2O4S/c1-4-24(5-2)18-11-12-19(16(3)13-18)23-21(25)28-20(14-29(26,27)15-22)17-9-7-6-8-10-17/h6-13,20H,4-5,14-15H2,1-3H3,(H,23,25). The highest BCUT2D eigenvalue weighted by atomic mass is 35.5. The number of anilines is 2. The van der Waals surface area contributed by atoms with E-state index in [-0.39, 0.29) is 5.75 Å². The van der Waals surface area contributed by atoms with Crippen molar-refractivity contribution in [3.63, 3.8) is 0 Å². The highest BCUT2D eigenvalue weighted by Gasteiger charge is 2.24. The van der Waals surface area contributed by atoms with Crippen LogP contribution in [0, 0.1) is 6.92 Å². The lowest BCUT2D eigenvalue weighted by Gasteiger charge is -2.22. The van der Waals surface area contributed by atoms with Gasteiger partial charge in [-0.3, -0.25) is 5.32 Å². The highest BCUT2D eigenvalue weighted by molar-refractivity contribution is 7.92. The third-order valence-electron chi connectivity index (χ3n) is 4.57. The third-order valence-corrected chi connectivity index (χ3v) is 6.71. The van der Waals surface area contributed by atoms with E-state index in [1.54, 1.807) is 30.3 Å². The zero-order chi connectivity index (χ0) is 21.4. The summed E-state index contributed by atoms with van der Waals surface area (Å²) in [5.74, 6) is -0.381. The van der Waals surface area contributed by atoms with Crippen LogP contribution in [0.15, 0.2) is 48.5 Å². The van der Waals surface area contributed by atoms with Crippen LogP contribution in [0.25, 0.3) is 0 Å². The van der Waals surface area contributed by atoms with Gasteiger partial charge in [-0.05, 0) is 50.1 Å². The molecule has 0 heterocycles. The summed E-state index contributed by atoms with van der Waals surface area (Å²) in [6, 6.07) is 14.5. The smallest absolute Gasteiger partial charge is 0.412 e. The molecule has 0 bridgehead atoms. The molecular weight excluding hydrogens is 412 g/mol. The molecular formula is C21H27ClN2O4S. The van der Waals surface area contributed by atoms with E-state index in [1.807, 2.05) is 25.1 Å². The molecule has 2 rings (SSSR count). The van der Waals surface area contributed by atoms with Crippen molar-refractivity contribution in [2.45, 2.75) is 26.9 Å². The largest absolute Gasteiger partial charge is 0.440 e. The van der Waals surface area contributed by atoms with Gasteiger partial charge < -0.3 is 9.64 Å². The molecule has 0 aliphatic carbocycles. The molecule has 0 fully saturated rings. The number of amides is 1. The number of ether oxygens (including phenoxy) is 1. The minimum atomic E-state index is -3.56. The number of benzene rings is 2. The lowest BCUT2D eigenvalue weighted by molar-refractivity contribution is 0.122. The van der Waals surface area contributed by atoms with Crippen molar-refractivity contribution in [1.29, 1.82) is 0 Å². The number of sulfone groups is 1. The van der Waals surface area contributed by atoms with Crippen LogP contribution < -0.4 is 10.2 Å². The normalized spacial score (nSPS) is 12.3. The summed E-state index contributed by atoms with van der Waals surface area (Å²) in [5, 5.41) is 2.17. The van der Waals surface area contributed by atoms with Crippen molar-refractivity contribution in [2.24, 2.45) is 0 Å². The number of carbonyl (C=O) groups excluding carboxylic acids is 1. The van der Waals surface area contributed by atoms with E-state index in [4.69, 9.17) is 16.3 Å². The Morgan fingerprint density at radius 2 is 1.79 bits per heavy atom. The number of nitrogens with one attached hydrogen (secondary N) is 1. The molecule has 2 aromatic rings. The molecule has 1 amide bonds. The van der Waals surface area contributed by atoms with Gasteiger partial charge in [-0.25, -0.2) is 13.2 Å². The number of nitrogens with zero attached hydrogens (tertiary/aromatic N) is 1. The van der Waals surface area contributed by atoms with E-state index in [2.05, 4.69) is 24.1 Å². The maximum atomic E-state index is 12.5. The van der Waals surface area contributed by atoms with Gasteiger partial charge in [0.15, 0.2) is 9.84 Å². The fourth-order valence-corrected chi connectivity index (χ4v) is 4.06. The Morgan fingerprint density at radius 3 is 2.34 bits per heavy atom. The van der Waals surface area contributed by atoms with Gasteiger partial charge in [0.2, 0.25) is 0 Å². The first-order valence-corrected chi connectivity index (χ1v) is 11.8. The topological polar surface area (TPSA) is 75.7 Å². The third kappa shape index (κ3) is 6.65. The second-order valence-electron chi connectivity index (χ2n) is 6.62. The predicted molar refractivity (Wildman–Crippen MR) is 119 cm³/mol. The lowest BCUT2D eigenvalue weighted by atomic mass is 10.1. The van der Waals surface area contributed by atoms with Gasteiger partial charge in [-0.2, -0.15) is 0 Å². The zero-order valence-electron chi connectivity index (χ0n) is 16.9. The van der Waals surface area contributed by atoms with E-state index in [0.717, 1.165) is 24.3 Å². The molecule has 0 radical (unpaired) electrons. The van der Waals surface area contributed by atoms with E-state index >= 15 is 0 Å². The number of carbonyl (C=O) groups is 1. The number of halogens is 1. The van der Waals surface area contributed by atoms with E-state index in [1.165, 1.54) is 0 Å². The zero-order valence-corrected chi connectivity index (χ0v) is 18.5. The second-order valence-corrected chi connectivity index (χ2v) is 9.31. The lowest BCUT2D eigenvalue weighted by Crippen LogP contribution is -2.24. The fourth-order valence-electron chi connectivity index (χ4n) is 2.98. The number of aryl methyl sites for hydroxylation is 1. The maximum absolute atomic E-state index is 12.5. The minimum absolute atomic E-state index is 0.381. The molecule has 158 valence electrons. The monoisotopic (exact) mass is 438 g/mol. The van der Waals surface area contributed by atoms with E-state index < -0.39 is 27.2 Å². The van der Waals surface area contributed by atoms with Crippen LogP contribution in [0.4, 0.5) is 16.2 Å². The Morgan fingerprint density at radius 1 is 1.14 bits per heavy atom. The Balaban J connectivity index is 2.16. The van der Waals surface area contributed by atoms with Crippen molar-refractivity contribution in [3.05, 3.63) is 59.7 Å². The molecule has 6 nitrogen and oxygen atoms in total. The van der Waals surface area contributed by atoms with Crippen LogP contribution in [0.5, 0.6) is 0 Å². The van der Waals surface area contributed by atoms with Crippen LogP contribution in [0.1, 0.15) is 31.1 Å². The van der Waals surface area contributed by atoms with Crippen molar-refractivity contribution in [1.82, 2.24) is 0 Å². The summed E-state index contributed by atoms with van der Waals surface area (Å²) in [6.45, 7) is 7.84. The molecule has 0 aromatic heterocycles. The molecule has 0 aliphatic rings. The molecule has 1 unspecified atom stereocenters. The Labute approximate surface area is 177 Å². The number of alkyl halides is 1. The first-order chi connectivity index (χ1) is 13.8. The Kier molecular flexibility index (Phi) is 8.34. The second kappa shape index (κ2) is 10.5. The van der Waals surface area contributed by atoms with Gasteiger partial charge in [0.25, 0.3) is 0 Å². The van der Waals surface area contributed by atoms with Crippen molar-refractivity contribution in [2.75, 3.05) is 34.3 Å². The summed E-state index contributed by atoms with van der Waals surface area (Å²) in [6.07, 6.45) is -1.67. The van der Waals surface area contributed by atoms with Crippen LogP contribution in [0.2, 0.25) is 0 Å². The van der Waals surface area contributed by atoms with Crippen LogP contribution in [-0.4, -0.2) is 38.6 Å². The molecule has 0 spiro atoms. The van der Waals surface area contributed by atoms with Crippen LogP contribution in [-0.2, 0) is 14.6 Å². The summed E-state index contributed by atoms with van der Waals surface area (Å²) >= 11 is 5.53. The molecule has 2 aromatic carbocycles. The molecule has 1 atom stereocenters. The molecule has 0 aliphatic heterocycles. The number of rotatable bonds is 9. The van der Waals surface area contributed by atoms with Gasteiger partial charge in [-0.1, -0.05) is 30.3 Å². The minimum Gasteiger partial charge on any atom is -0.440 e. The molecule has 1 N–H and O–H groups in total. The number of hydrogen-bond donors (Lipinski definition) is 1.